The van der Waals surface area contributed by atoms with Gasteiger partial charge in [0.05, 0.1) is 22.2 Å². The number of rotatable bonds is 6. The van der Waals surface area contributed by atoms with E-state index in [2.05, 4.69) is 5.32 Å². The van der Waals surface area contributed by atoms with Crippen LogP contribution in [0.15, 0.2) is 6.07 Å². The number of Topliss-reactive ketones (excluding diaryl/α,β-unsaturated/α-hetero) is 1. The summed E-state index contributed by atoms with van der Waals surface area (Å²) in [4.78, 5) is 12.6. The van der Waals surface area contributed by atoms with Crippen molar-refractivity contribution < 1.29 is 9.53 Å². The molecule has 0 amide bonds. The van der Waals surface area contributed by atoms with E-state index in [1.54, 1.807) is 7.11 Å². The third-order valence-electron chi connectivity index (χ3n) is 2.74. The van der Waals surface area contributed by atoms with Crippen molar-refractivity contribution in [2.24, 2.45) is 5.92 Å². The Balaban J connectivity index is 2.04. The van der Waals surface area contributed by atoms with Gasteiger partial charge in [0.2, 0.25) is 0 Å². The Kier molecular flexibility index (Phi) is 3.69. The van der Waals surface area contributed by atoms with Crippen LogP contribution in [-0.4, -0.2) is 25.5 Å². The van der Waals surface area contributed by atoms with Gasteiger partial charge in [0.1, 0.15) is 0 Å². The van der Waals surface area contributed by atoms with Gasteiger partial charge in [-0.3, -0.25) is 4.79 Å². The summed E-state index contributed by atoms with van der Waals surface area (Å²) in [6.45, 7) is 2.66. The molecule has 1 aromatic rings. The zero-order valence-electron chi connectivity index (χ0n) is 10.2. The highest BCUT2D eigenvalue weighted by atomic mass is 32.1. The van der Waals surface area contributed by atoms with Crippen molar-refractivity contribution in [3.8, 4) is 0 Å². The number of nitrogens with one attached hydrogen (secondary N) is 1. The molecular weight excluding hydrogens is 236 g/mol. The van der Waals surface area contributed by atoms with E-state index in [1.165, 1.54) is 11.3 Å². The molecule has 4 nitrogen and oxygen atoms in total. The molecule has 0 radical (unpaired) electrons. The van der Waals surface area contributed by atoms with Gasteiger partial charge in [-0.15, -0.1) is 11.3 Å². The number of nitrogen functional groups attached to an aromatic ring is 1. The largest absolute Gasteiger partial charge is 0.397 e. The summed E-state index contributed by atoms with van der Waals surface area (Å²) in [5, 5.41) is 4.22. The lowest BCUT2D eigenvalue weighted by molar-refractivity contribution is 0.0972. The molecule has 1 aromatic heterocycles. The Morgan fingerprint density at radius 2 is 2.41 bits per heavy atom. The first-order chi connectivity index (χ1) is 8.11. The van der Waals surface area contributed by atoms with E-state index in [0.717, 1.165) is 17.8 Å². The summed E-state index contributed by atoms with van der Waals surface area (Å²) in [6, 6.07) is 2.05. The molecule has 94 valence electrons. The highest BCUT2D eigenvalue weighted by Crippen LogP contribution is 2.38. The van der Waals surface area contributed by atoms with Crippen LogP contribution in [0.2, 0.25) is 0 Å². The average molecular weight is 254 g/mol. The number of hydrogen-bond acceptors (Lipinski definition) is 5. The fourth-order valence-electron chi connectivity index (χ4n) is 1.73. The quantitative estimate of drug-likeness (QED) is 0.765. The fourth-order valence-corrected chi connectivity index (χ4v) is 2.84. The summed E-state index contributed by atoms with van der Waals surface area (Å²) in [5.41, 5.74) is 6.47. The Morgan fingerprint density at radius 3 is 3.00 bits per heavy atom. The summed E-state index contributed by atoms with van der Waals surface area (Å²) in [6.07, 6.45) is 2.03. The third kappa shape index (κ3) is 2.98. The molecule has 1 fully saturated rings. The normalized spacial score (nSPS) is 16.8. The third-order valence-corrected chi connectivity index (χ3v) is 3.83. The molecule has 0 aliphatic heterocycles. The van der Waals surface area contributed by atoms with Gasteiger partial charge in [-0.2, -0.15) is 0 Å². The van der Waals surface area contributed by atoms with E-state index in [1.807, 2.05) is 13.0 Å². The number of thiophene rings is 1. The smallest absolute Gasteiger partial charge is 0.178 e. The van der Waals surface area contributed by atoms with Gasteiger partial charge < -0.3 is 15.8 Å². The van der Waals surface area contributed by atoms with Gasteiger partial charge in [0.15, 0.2) is 5.78 Å². The minimum Gasteiger partial charge on any atom is -0.397 e. The molecular formula is C12H18N2O2S. The van der Waals surface area contributed by atoms with Crippen molar-refractivity contribution in [1.82, 2.24) is 0 Å². The van der Waals surface area contributed by atoms with Crippen LogP contribution in [0.1, 0.15) is 29.4 Å². The Labute approximate surface area is 105 Å². The maximum atomic E-state index is 11.9. The van der Waals surface area contributed by atoms with Crippen LogP contribution in [0.25, 0.3) is 0 Å². The fraction of sp³-hybridized carbons (Fsp3) is 0.583. The molecule has 1 aliphatic carbocycles. The van der Waals surface area contributed by atoms with Crippen LogP contribution in [0, 0.1) is 5.92 Å². The number of methoxy groups -OCH3 is 1. The lowest BCUT2D eigenvalue weighted by atomic mass is 10.2. The predicted octanol–water partition coefficient (Wildman–Crippen LogP) is 2.37. The average Bonchev–Trinajstić information content (AvgIpc) is 3.03. The van der Waals surface area contributed by atoms with E-state index in [4.69, 9.17) is 10.5 Å². The van der Waals surface area contributed by atoms with Crippen molar-refractivity contribution in [3.63, 3.8) is 0 Å². The number of carbonyl (C=O) groups excluding carboxylic acids is 1. The van der Waals surface area contributed by atoms with Crippen LogP contribution >= 0.6 is 11.3 Å². The minimum absolute atomic E-state index is 0.208. The number of nitrogens with two attached hydrogens (primary N) is 1. The van der Waals surface area contributed by atoms with Crippen molar-refractivity contribution in [2.75, 3.05) is 24.8 Å². The van der Waals surface area contributed by atoms with Crippen molar-refractivity contribution in [1.29, 1.82) is 0 Å². The van der Waals surface area contributed by atoms with Gasteiger partial charge in [-0.1, -0.05) is 0 Å². The van der Waals surface area contributed by atoms with Crippen LogP contribution < -0.4 is 11.1 Å². The summed E-state index contributed by atoms with van der Waals surface area (Å²) in [7, 11) is 1.67. The molecule has 1 aliphatic rings. The Hall–Kier alpha value is -1.07. The molecule has 1 heterocycles. The molecule has 0 bridgehead atoms. The Morgan fingerprint density at radius 1 is 1.71 bits per heavy atom. The molecule has 1 atom stereocenters. The molecule has 0 spiro atoms. The zero-order chi connectivity index (χ0) is 12.4. The molecule has 5 heteroatoms. The maximum Gasteiger partial charge on any atom is 0.178 e. The second kappa shape index (κ2) is 5.06. The molecule has 1 saturated carbocycles. The first kappa shape index (κ1) is 12.4. The zero-order valence-corrected chi connectivity index (χ0v) is 11.0. The van der Waals surface area contributed by atoms with E-state index < -0.39 is 0 Å². The number of ether oxygens (including phenoxy) is 1. The van der Waals surface area contributed by atoms with Gasteiger partial charge in [-0.05, 0) is 25.8 Å². The Bertz CT molecular complexity index is 413. The first-order valence-corrected chi connectivity index (χ1v) is 6.62. The standard InChI is InChI=1S/C12H18N2O2S/c1-7(6-16-2)14-10-5-9(13)12(17-10)11(15)8-3-4-8/h5,7-8,14H,3-4,6,13H2,1-2H3. The van der Waals surface area contributed by atoms with Gasteiger partial charge in [-0.25, -0.2) is 0 Å². The second-order valence-electron chi connectivity index (χ2n) is 4.53. The molecule has 0 saturated heterocycles. The first-order valence-electron chi connectivity index (χ1n) is 5.80. The molecule has 3 N–H and O–H groups in total. The lowest BCUT2D eigenvalue weighted by Gasteiger charge is -2.11. The van der Waals surface area contributed by atoms with Crippen molar-refractivity contribution >= 4 is 27.8 Å². The molecule has 0 aromatic carbocycles. The minimum atomic E-state index is 0.208. The number of ketones is 1. The summed E-state index contributed by atoms with van der Waals surface area (Å²) < 4.78 is 5.05. The molecule has 17 heavy (non-hydrogen) atoms. The van der Waals surface area contributed by atoms with E-state index in [9.17, 15) is 4.79 Å². The highest BCUT2D eigenvalue weighted by molar-refractivity contribution is 7.18. The monoisotopic (exact) mass is 254 g/mol. The number of carbonyl (C=O) groups is 1. The second-order valence-corrected chi connectivity index (χ2v) is 5.59. The van der Waals surface area contributed by atoms with Crippen molar-refractivity contribution in [2.45, 2.75) is 25.8 Å². The maximum absolute atomic E-state index is 11.9. The van der Waals surface area contributed by atoms with Crippen LogP contribution in [0.3, 0.4) is 0 Å². The van der Waals surface area contributed by atoms with Gasteiger partial charge >= 0.3 is 0 Å². The number of hydrogen-bond donors (Lipinski definition) is 2. The summed E-state index contributed by atoms with van der Waals surface area (Å²) >= 11 is 1.45. The van der Waals surface area contributed by atoms with Crippen LogP contribution in [0.4, 0.5) is 10.7 Å². The van der Waals surface area contributed by atoms with E-state index in [0.29, 0.717) is 17.2 Å². The predicted molar refractivity (Wildman–Crippen MR) is 70.7 cm³/mol. The van der Waals surface area contributed by atoms with Crippen molar-refractivity contribution in [3.05, 3.63) is 10.9 Å². The summed E-state index contributed by atoms with van der Waals surface area (Å²) in [5.74, 6) is 0.431. The number of anilines is 2. The molecule has 2 rings (SSSR count). The topological polar surface area (TPSA) is 64.3 Å². The van der Waals surface area contributed by atoms with Gasteiger partial charge in [0.25, 0.3) is 0 Å². The van der Waals surface area contributed by atoms with E-state index in [-0.39, 0.29) is 17.7 Å². The SMILES string of the molecule is COCC(C)Nc1cc(N)c(C(=O)C2CC2)s1. The van der Waals surface area contributed by atoms with Gasteiger partial charge in [0, 0.05) is 19.1 Å². The molecule has 1 unspecified atom stereocenters. The van der Waals surface area contributed by atoms with E-state index >= 15 is 0 Å². The van der Waals surface area contributed by atoms with Crippen LogP contribution in [-0.2, 0) is 4.74 Å². The van der Waals surface area contributed by atoms with Crippen LogP contribution in [0.5, 0.6) is 0 Å². The highest BCUT2D eigenvalue weighted by Gasteiger charge is 2.32. The lowest BCUT2D eigenvalue weighted by Crippen LogP contribution is -2.19.